The number of carbonyl (C=O) groups excluding carboxylic acids is 1. The van der Waals surface area contributed by atoms with Gasteiger partial charge in [0.15, 0.2) is 0 Å². The number of nitrogens with zero attached hydrogens (tertiary/aromatic N) is 6. The molecule has 0 spiro atoms. The molecule has 2 aromatic heterocycles. The van der Waals surface area contributed by atoms with Gasteiger partial charge in [0.05, 0.1) is 11.4 Å². The zero-order chi connectivity index (χ0) is 23.6. The smallest absolute Gasteiger partial charge is 0.272 e. The molecule has 2 aromatic carbocycles. The molecule has 1 amide bonds. The lowest BCUT2D eigenvalue weighted by Gasteiger charge is -2.32. The summed E-state index contributed by atoms with van der Waals surface area (Å²) in [5, 5.41) is 13.9. The van der Waals surface area contributed by atoms with Gasteiger partial charge in [0, 0.05) is 37.5 Å². The third kappa shape index (κ3) is 4.27. The molecule has 6 rings (SSSR count). The molecular formula is C28H30N6O. The van der Waals surface area contributed by atoms with Gasteiger partial charge in [-0.2, -0.15) is 5.10 Å². The largest absolute Gasteiger partial charge is 0.337 e. The molecule has 2 aliphatic rings. The van der Waals surface area contributed by atoms with Crippen molar-refractivity contribution in [3.63, 3.8) is 0 Å². The Morgan fingerprint density at radius 2 is 1.66 bits per heavy atom. The third-order valence-corrected chi connectivity index (χ3v) is 7.21. The fourth-order valence-electron chi connectivity index (χ4n) is 5.39. The van der Waals surface area contributed by atoms with Crippen LogP contribution in [0.15, 0.2) is 66.7 Å². The molecule has 2 aliphatic heterocycles. The fraction of sp³-hybridized carbons (Fsp3) is 0.357. The van der Waals surface area contributed by atoms with Crippen LogP contribution >= 0.6 is 0 Å². The van der Waals surface area contributed by atoms with E-state index < -0.39 is 0 Å². The summed E-state index contributed by atoms with van der Waals surface area (Å²) in [6.45, 7) is 2.40. The first kappa shape index (κ1) is 21.8. The van der Waals surface area contributed by atoms with Gasteiger partial charge in [-0.25, -0.2) is 4.68 Å². The molecule has 4 aromatic rings. The second kappa shape index (κ2) is 9.49. The summed E-state index contributed by atoms with van der Waals surface area (Å²) in [7, 11) is 0. The van der Waals surface area contributed by atoms with E-state index in [1.165, 1.54) is 19.3 Å². The van der Waals surface area contributed by atoms with E-state index in [4.69, 9.17) is 5.10 Å². The normalized spacial score (nSPS) is 18.2. The van der Waals surface area contributed by atoms with Crippen molar-refractivity contribution in [3.8, 4) is 16.9 Å². The van der Waals surface area contributed by atoms with Crippen molar-refractivity contribution >= 4 is 5.91 Å². The Labute approximate surface area is 205 Å². The number of likely N-dealkylation sites (tertiary alicyclic amines) is 1. The molecule has 178 valence electrons. The number of para-hydroxylation sites is 1. The molecule has 0 bridgehead atoms. The summed E-state index contributed by atoms with van der Waals surface area (Å²) in [6.07, 6.45) is 6.59. The molecule has 4 heterocycles. The first-order valence-electron chi connectivity index (χ1n) is 12.7. The number of fused-ring (bicyclic) bond motifs is 1. The Morgan fingerprint density at radius 1 is 0.857 bits per heavy atom. The minimum absolute atomic E-state index is 0.0174. The summed E-state index contributed by atoms with van der Waals surface area (Å²) in [5.74, 6) is 2.40. The average Bonchev–Trinajstić information content (AvgIpc) is 3.47. The van der Waals surface area contributed by atoms with Gasteiger partial charge in [-0.15, -0.1) is 10.2 Å². The summed E-state index contributed by atoms with van der Waals surface area (Å²) < 4.78 is 4.12. The van der Waals surface area contributed by atoms with Crippen LogP contribution in [0.4, 0.5) is 0 Å². The third-order valence-electron chi connectivity index (χ3n) is 7.21. The van der Waals surface area contributed by atoms with Crippen molar-refractivity contribution in [1.82, 2.24) is 29.4 Å². The Hall–Kier alpha value is -3.74. The lowest BCUT2D eigenvalue weighted by Crippen LogP contribution is -2.40. The average molecular weight is 467 g/mol. The van der Waals surface area contributed by atoms with E-state index in [0.29, 0.717) is 12.2 Å². The predicted octanol–water partition coefficient (Wildman–Crippen LogP) is 4.88. The Bertz CT molecular complexity index is 1310. The van der Waals surface area contributed by atoms with Crippen LogP contribution in [0.2, 0.25) is 0 Å². The molecule has 7 nitrogen and oxygen atoms in total. The number of carbonyl (C=O) groups is 1. The number of benzene rings is 2. The van der Waals surface area contributed by atoms with Crippen molar-refractivity contribution in [3.05, 3.63) is 84.1 Å². The van der Waals surface area contributed by atoms with Crippen molar-refractivity contribution in [2.45, 2.75) is 51.0 Å². The molecule has 0 radical (unpaired) electrons. The van der Waals surface area contributed by atoms with E-state index in [2.05, 4.69) is 14.8 Å². The lowest BCUT2D eigenvalue weighted by molar-refractivity contribution is 0.0694. The second-order valence-corrected chi connectivity index (χ2v) is 9.56. The summed E-state index contributed by atoms with van der Waals surface area (Å²) in [5.41, 5.74) is 3.28. The quantitative estimate of drug-likeness (QED) is 0.430. The zero-order valence-electron chi connectivity index (χ0n) is 19.9. The van der Waals surface area contributed by atoms with Gasteiger partial charge in [0.1, 0.15) is 17.3 Å². The Morgan fingerprint density at radius 3 is 2.49 bits per heavy atom. The van der Waals surface area contributed by atoms with Crippen molar-refractivity contribution in [2.24, 2.45) is 0 Å². The first-order chi connectivity index (χ1) is 17.3. The van der Waals surface area contributed by atoms with Crippen molar-refractivity contribution < 1.29 is 4.79 Å². The molecule has 0 aliphatic carbocycles. The van der Waals surface area contributed by atoms with Crippen LogP contribution in [0.5, 0.6) is 0 Å². The van der Waals surface area contributed by atoms with E-state index in [1.54, 1.807) is 4.68 Å². The van der Waals surface area contributed by atoms with Crippen LogP contribution in [-0.2, 0) is 13.0 Å². The molecule has 1 saturated heterocycles. The molecular weight excluding hydrogens is 436 g/mol. The highest BCUT2D eigenvalue weighted by Gasteiger charge is 2.31. The zero-order valence-corrected chi connectivity index (χ0v) is 19.9. The molecule has 7 heteroatoms. The highest BCUT2D eigenvalue weighted by atomic mass is 16.2. The van der Waals surface area contributed by atoms with Crippen molar-refractivity contribution in [2.75, 3.05) is 13.1 Å². The van der Waals surface area contributed by atoms with Crippen LogP contribution in [0.1, 0.15) is 60.2 Å². The first-order valence-corrected chi connectivity index (χ1v) is 12.7. The number of amides is 1. The monoisotopic (exact) mass is 466 g/mol. The van der Waals surface area contributed by atoms with Gasteiger partial charge >= 0.3 is 0 Å². The maximum Gasteiger partial charge on any atom is 0.272 e. The molecule has 1 fully saturated rings. The number of aromatic nitrogens is 5. The summed E-state index contributed by atoms with van der Waals surface area (Å²) in [6, 6.07) is 21.9. The molecule has 1 atom stereocenters. The van der Waals surface area contributed by atoms with Gasteiger partial charge in [-0.05, 0) is 43.9 Å². The van der Waals surface area contributed by atoms with Gasteiger partial charge in [-0.3, -0.25) is 4.79 Å². The van der Waals surface area contributed by atoms with E-state index in [-0.39, 0.29) is 11.8 Å². The van der Waals surface area contributed by atoms with Gasteiger partial charge < -0.3 is 9.47 Å². The Balaban J connectivity index is 1.32. The lowest BCUT2D eigenvalue weighted by atomic mass is 9.96. The highest BCUT2D eigenvalue weighted by Crippen LogP contribution is 2.30. The van der Waals surface area contributed by atoms with Crippen molar-refractivity contribution in [1.29, 1.82) is 0 Å². The van der Waals surface area contributed by atoms with Gasteiger partial charge in [0.2, 0.25) is 0 Å². The summed E-state index contributed by atoms with van der Waals surface area (Å²) >= 11 is 0. The van der Waals surface area contributed by atoms with E-state index in [1.807, 2.05) is 71.6 Å². The minimum atomic E-state index is 0.0174. The van der Waals surface area contributed by atoms with Crippen LogP contribution in [-0.4, -0.2) is 48.4 Å². The van der Waals surface area contributed by atoms with Gasteiger partial charge in [-0.1, -0.05) is 55.0 Å². The number of hydrogen-bond acceptors (Lipinski definition) is 4. The van der Waals surface area contributed by atoms with E-state index >= 15 is 0 Å². The SMILES string of the molecule is O=C(c1cc(-c2ccccc2)nn1-c1ccccc1)N1CCCC(c2nnc3n2CCCCC3)C1. The van der Waals surface area contributed by atoms with Crippen LogP contribution in [0, 0.1) is 0 Å². The van der Waals surface area contributed by atoms with E-state index in [0.717, 1.165) is 60.9 Å². The topological polar surface area (TPSA) is 68.8 Å². The second-order valence-electron chi connectivity index (χ2n) is 9.56. The Kier molecular flexibility index (Phi) is 5.90. The molecule has 0 saturated carbocycles. The maximum absolute atomic E-state index is 13.9. The van der Waals surface area contributed by atoms with Gasteiger partial charge in [0.25, 0.3) is 5.91 Å². The van der Waals surface area contributed by atoms with Crippen LogP contribution < -0.4 is 0 Å². The standard InChI is InChI=1S/C28H30N6O/c35-28(32-17-10-13-22(20-32)27-30-29-26-16-8-3-9-18-33(26)27)25-19-24(21-11-4-1-5-12-21)31-34(25)23-14-6-2-7-15-23/h1-2,4-7,11-12,14-15,19,22H,3,8-10,13,16-18,20H2. The number of aryl methyl sites for hydroxylation is 1. The summed E-state index contributed by atoms with van der Waals surface area (Å²) in [4.78, 5) is 15.9. The fourth-order valence-corrected chi connectivity index (χ4v) is 5.39. The molecule has 35 heavy (non-hydrogen) atoms. The van der Waals surface area contributed by atoms with E-state index in [9.17, 15) is 4.79 Å². The number of rotatable bonds is 4. The van der Waals surface area contributed by atoms with Crippen LogP contribution in [0.3, 0.4) is 0 Å². The number of hydrogen-bond donors (Lipinski definition) is 0. The minimum Gasteiger partial charge on any atom is -0.337 e. The molecule has 0 N–H and O–H groups in total. The van der Waals surface area contributed by atoms with Crippen LogP contribution in [0.25, 0.3) is 16.9 Å². The predicted molar refractivity (Wildman–Crippen MR) is 134 cm³/mol. The maximum atomic E-state index is 13.9. The highest BCUT2D eigenvalue weighted by molar-refractivity contribution is 5.94. The molecule has 1 unspecified atom stereocenters. The number of piperidine rings is 1.